The molecule has 0 bridgehead atoms. The van der Waals surface area contributed by atoms with Crippen molar-refractivity contribution in [2.75, 3.05) is 13.2 Å². The summed E-state index contributed by atoms with van der Waals surface area (Å²) in [6.07, 6.45) is 9.35. The summed E-state index contributed by atoms with van der Waals surface area (Å²) < 4.78 is 9.84. The van der Waals surface area contributed by atoms with Crippen molar-refractivity contribution in [3.05, 3.63) is 35.9 Å². The van der Waals surface area contributed by atoms with E-state index < -0.39 is 0 Å². The van der Waals surface area contributed by atoms with Crippen LogP contribution in [0.4, 0.5) is 0 Å². The van der Waals surface area contributed by atoms with Crippen LogP contribution in [0.5, 0.6) is 0 Å². The molecule has 2 atom stereocenters. The lowest BCUT2D eigenvalue weighted by Gasteiger charge is -2.17. The van der Waals surface area contributed by atoms with E-state index in [9.17, 15) is 0 Å². The monoisotopic (exact) mass is 303 g/mol. The summed E-state index contributed by atoms with van der Waals surface area (Å²) >= 11 is 0. The summed E-state index contributed by atoms with van der Waals surface area (Å²) in [4.78, 5) is 0. The van der Waals surface area contributed by atoms with E-state index in [0.717, 1.165) is 39.2 Å². The molecular weight excluding hydrogens is 278 g/mol. The first kappa shape index (κ1) is 15.2. The van der Waals surface area contributed by atoms with Crippen molar-refractivity contribution in [3.8, 4) is 0 Å². The van der Waals surface area contributed by atoms with Crippen LogP contribution < -0.4 is 5.32 Å². The number of aryl methyl sites for hydroxylation is 2. The van der Waals surface area contributed by atoms with Gasteiger partial charge in [0.25, 0.3) is 0 Å². The molecule has 22 heavy (non-hydrogen) atoms. The van der Waals surface area contributed by atoms with E-state index in [-0.39, 0.29) is 6.10 Å². The van der Waals surface area contributed by atoms with E-state index in [1.54, 1.807) is 0 Å². The van der Waals surface area contributed by atoms with Gasteiger partial charge in [-0.1, -0.05) is 0 Å². The molecule has 3 heterocycles. The van der Waals surface area contributed by atoms with Gasteiger partial charge in [0.05, 0.1) is 18.5 Å². The van der Waals surface area contributed by atoms with Crippen LogP contribution in [-0.4, -0.2) is 32.7 Å². The highest BCUT2D eigenvalue weighted by Gasteiger charge is 2.30. The minimum Gasteiger partial charge on any atom is -0.373 e. The molecule has 2 aromatic heterocycles. The van der Waals surface area contributed by atoms with Crippen LogP contribution in [-0.2, 0) is 24.4 Å². The Bertz CT molecular complexity index is 591. The Morgan fingerprint density at radius 3 is 2.68 bits per heavy atom. The highest BCUT2D eigenvalue weighted by Crippen LogP contribution is 2.33. The largest absolute Gasteiger partial charge is 0.373 e. The molecule has 0 spiro atoms. The molecule has 6 heteroatoms. The number of rotatable bonds is 7. The zero-order valence-electron chi connectivity index (χ0n) is 13.4. The standard InChI is InChI=1S/C16H25N5O/c1-3-20-11-13(8-18-20)7-17-9-14-5-6-22-16(14)15-10-19-21(4-2)12-15/h8,10-12,14,16-17H,3-7,9H2,1-2H3. The van der Waals surface area contributed by atoms with Gasteiger partial charge in [-0.15, -0.1) is 0 Å². The van der Waals surface area contributed by atoms with Crippen molar-refractivity contribution in [2.24, 2.45) is 5.92 Å². The van der Waals surface area contributed by atoms with E-state index in [0.29, 0.717) is 5.92 Å². The number of hydrogen-bond acceptors (Lipinski definition) is 4. The van der Waals surface area contributed by atoms with Crippen LogP contribution in [0.3, 0.4) is 0 Å². The summed E-state index contributed by atoms with van der Waals surface area (Å²) in [5.74, 6) is 0.510. The van der Waals surface area contributed by atoms with Crippen molar-refractivity contribution in [1.82, 2.24) is 24.9 Å². The molecule has 1 N–H and O–H groups in total. The molecule has 0 aliphatic carbocycles. The molecule has 1 aliphatic rings. The zero-order chi connectivity index (χ0) is 15.4. The molecule has 0 saturated carbocycles. The summed E-state index contributed by atoms with van der Waals surface area (Å²) in [5.41, 5.74) is 2.43. The van der Waals surface area contributed by atoms with Crippen LogP contribution in [0.1, 0.15) is 37.5 Å². The fourth-order valence-electron chi connectivity index (χ4n) is 2.98. The van der Waals surface area contributed by atoms with Crippen LogP contribution in [0.15, 0.2) is 24.8 Å². The summed E-state index contributed by atoms with van der Waals surface area (Å²) in [5, 5.41) is 12.2. The minimum absolute atomic E-state index is 0.172. The van der Waals surface area contributed by atoms with Gasteiger partial charge in [-0.05, 0) is 20.3 Å². The molecule has 0 aromatic carbocycles. The highest BCUT2D eigenvalue weighted by atomic mass is 16.5. The molecule has 120 valence electrons. The number of ether oxygens (including phenoxy) is 1. The lowest BCUT2D eigenvalue weighted by Crippen LogP contribution is -2.24. The van der Waals surface area contributed by atoms with Crippen LogP contribution >= 0.6 is 0 Å². The maximum atomic E-state index is 5.92. The first-order valence-corrected chi connectivity index (χ1v) is 8.16. The summed E-state index contributed by atoms with van der Waals surface area (Å²) in [6, 6.07) is 0. The zero-order valence-corrected chi connectivity index (χ0v) is 13.4. The lowest BCUT2D eigenvalue weighted by molar-refractivity contribution is 0.0904. The van der Waals surface area contributed by atoms with Gasteiger partial charge in [0.15, 0.2) is 0 Å². The van der Waals surface area contributed by atoms with Gasteiger partial charge in [0.1, 0.15) is 0 Å². The van der Waals surface area contributed by atoms with Gasteiger partial charge in [0.2, 0.25) is 0 Å². The SMILES string of the molecule is CCn1cc(CNCC2CCOC2c2cnn(CC)c2)cn1. The van der Waals surface area contributed by atoms with Crippen LogP contribution in [0.2, 0.25) is 0 Å². The predicted octanol–water partition coefficient (Wildman–Crippen LogP) is 1.99. The number of nitrogens with zero attached hydrogens (tertiary/aromatic N) is 4. The number of nitrogens with one attached hydrogen (secondary N) is 1. The van der Waals surface area contributed by atoms with Gasteiger partial charge in [-0.2, -0.15) is 10.2 Å². The third kappa shape index (κ3) is 3.39. The predicted molar refractivity (Wildman–Crippen MR) is 84.3 cm³/mol. The van der Waals surface area contributed by atoms with Gasteiger partial charge >= 0.3 is 0 Å². The van der Waals surface area contributed by atoms with Gasteiger partial charge in [-0.25, -0.2) is 0 Å². The molecule has 1 saturated heterocycles. The molecule has 3 rings (SSSR count). The quantitative estimate of drug-likeness (QED) is 0.850. The van der Waals surface area contributed by atoms with Gasteiger partial charge in [0, 0.05) is 62.2 Å². The van der Waals surface area contributed by atoms with Crippen molar-refractivity contribution in [1.29, 1.82) is 0 Å². The van der Waals surface area contributed by atoms with Gasteiger partial charge < -0.3 is 10.1 Å². The Balaban J connectivity index is 1.52. The molecular formula is C16H25N5O. The van der Waals surface area contributed by atoms with E-state index >= 15 is 0 Å². The van der Waals surface area contributed by atoms with Crippen LogP contribution in [0.25, 0.3) is 0 Å². The maximum absolute atomic E-state index is 5.92. The van der Waals surface area contributed by atoms with Crippen molar-refractivity contribution < 1.29 is 4.74 Å². The van der Waals surface area contributed by atoms with Crippen molar-refractivity contribution in [3.63, 3.8) is 0 Å². The Morgan fingerprint density at radius 1 is 1.18 bits per heavy atom. The van der Waals surface area contributed by atoms with Crippen LogP contribution in [0, 0.1) is 5.92 Å². The average Bonchev–Trinajstić information content (AvgIpc) is 3.27. The molecule has 2 unspecified atom stereocenters. The third-order valence-electron chi connectivity index (χ3n) is 4.27. The summed E-state index contributed by atoms with van der Waals surface area (Å²) in [6.45, 7) is 8.67. The fraction of sp³-hybridized carbons (Fsp3) is 0.625. The minimum atomic E-state index is 0.172. The average molecular weight is 303 g/mol. The molecule has 1 fully saturated rings. The molecule has 0 amide bonds. The first-order valence-electron chi connectivity index (χ1n) is 8.16. The van der Waals surface area contributed by atoms with Crippen molar-refractivity contribution >= 4 is 0 Å². The fourth-order valence-corrected chi connectivity index (χ4v) is 2.98. The number of hydrogen-bond donors (Lipinski definition) is 1. The highest BCUT2D eigenvalue weighted by molar-refractivity contribution is 5.11. The van der Waals surface area contributed by atoms with Crippen molar-refractivity contribution in [2.45, 2.75) is 46.0 Å². The second-order valence-corrected chi connectivity index (χ2v) is 5.80. The lowest BCUT2D eigenvalue weighted by atomic mass is 9.97. The molecule has 0 radical (unpaired) electrons. The Hall–Kier alpha value is -1.66. The molecule has 6 nitrogen and oxygen atoms in total. The van der Waals surface area contributed by atoms with Gasteiger partial charge in [-0.3, -0.25) is 9.36 Å². The Kier molecular flexibility index (Phi) is 4.90. The Labute approximate surface area is 131 Å². The normalized spacial score (nSPS) is 21.5. The smallest absolute Gasteiger partial charge is 0.0896 e. The summed E-state index contributed by atoms with van der Waals surface area (Å²) in [7, 11) is 0. The molecule has 1 aliphatic heterocycles. The topological polar surface area (TPSA) is 56.9 Å². The van der Waals surface area contributed by atoms with E-state index in [1.807, 2.05) is 21.8 Å². The maximum Gasteiger partial charge on any atom is 0.0896 e. The van der Waals surface area contributed by atoms with E-state index in [4.69, 9.17) is 4.74 Å². The Morgan fingerprint density at radius 2 is 1.95 bits per heavy atom. The van der Waals surface area contributed by atoms with E-state index in [1.165, 1.54) is 11.1 Å². The van der Waals surface area contributed by atoms with E-state index in [2.05, 4.69) is 41.8 Å². The second kappa shape index (κ2) is 7.07. The molecule has 2 aromatic rings. The third-order valence-corrected chi connectivity index (χ3v) is 4.27. The first-order chi connectivity index (χ1) is 10.8. The second-order valence-electron chi connectivity index (χ2n) is 5.80. The number of aromatic nitrogens is 4.